The highest BCUT2D eigenvalue weighted by molar-refractivity contribution is 7.09. The summed E-state index contributed by atoms with van der Waals surface area (Å²) < 4.78 is 0. The fraction of sp³-hybridized carbons (Fsp3) is 0.368. The highest BCUT2D eigenvalue weighted by atomic mass is 32.1. The minimum absolute atomic E-state index is 0.203. The lowest BCUT2D eigenvalue weighted by Gasteiger charge is -2.30. The van der Waals surface area contributed by atoms with Crippen LogP contribution in [0.3, 0.4) is 0 Å². The van der Waals surface area contributed by atoms with Crippen LogP contribution in [0.25, 0.3) is 0 Å². The van der Waals surface area contributed by atoms with Gasteiger partial charge in [-0.1, -0.05) is 23.8 Å². The SMILES string of the molecule is Cc1ccc2c(c1)CCCN2CC(=O)NC(=O)NCCc1cccs1. The molecule has 2 aromatic rings. The van der Waals surface area contributed by atoms with Gasteiger partial charge in [-0.15, -0.1) is 11.3 Å². The Morgan fingerprint density at radius 2 is 2.16 bits per heavy atom. The molecule has 1 aromatic heterocycles. The molecule has 3 rings (SSSR count). The van der Waals surface area contributed by atoms with Gasteiger partial charge < -0.3 is 10.2 Å². The van der Waals surface area contributed by atoms with Crippen molar-refractivity contribution in [3.05, 3.63) is 51.7 Å². The number of hydrogen-bond donors (Lipinski definition) is 2. The maximum Gasteiger partial charge on any atom is 0.321 e. The third-order valence-electron chi connectivity index (χ3n) is 4.27. The Morgan fingerprint density at radius 1 is 1.28 bits per heavy atom. The molecule has 0 spiro atoms. The summed E-state index contributed by atoms with van der Waals surface area (Å²) >= 11 is 1.66. The first kappa shape index (κ1) is 17.5. The fourth-order valence-electron chi connectivity index (χ4n) is 3.11. The molecule has 0 atom stereocenters. The average Bonchev–Trinajstić information content (AvgIpc) is 3.08. The van der Waals surface area contributed by atoms with Crippen LogP contribution >= 0.6 is 11.3 Å². The summed E-state index contributed by atoms with van der Waals surface area (Å²) in [5.41, 5.74) is 3.61. The lowest BCUT2D eigenvalue weighted by molar-refractivity contribution is -0.118. The van der Waals surface area contributed by atoms with Gasteiger partial charge in [0.1, 0.15) is 0 Å². The van der Waals surface area contributed by atoms with Crippen LogP contribution in [0.2, 0.25) is 0 Å². The molecule has 0 radical (unpaired) electrons. The van der Waals surface area contributed by atoms with E-state index >= 15 is 0 Å². The number of amides is 3. The number of nitrogens with zero attached hydrogens (tertiary/aromatic N) is 1. The van der Waals surface area contributed by atoms with E-state index in [1.54, 1.807) is 11.3 Å². The van der Waals surface area contributed by atoms with Crippen LogP contribution in [0, 0.1) is 6.92 Å². The lowest BCUT2D eigenvalue weighted by atomic mass is 9.99. The van der Waals surface area contributed by atoms with Crippen LogP contribution in [0.5, 0.6) is 0 Å². The Hall–Kier alpha value is -2.34. The van der Waals surface area contributed by atoms with Gasteiger partial charge in [0, 0.05) is 23.7 Å². The lowest BCUT2D eigenvalue weighted by Crippen LogP contribution is -2.46. The Balaban J connectivity index is 1.47. The number of thiophene rings is 1. The van der Waals surface area contributed by atoms with E-state index < -0.39 is 6.03 Å². The molecule has 5 nitrogen and oxygen atoms in total. The number of nitrogens with one attached hydrogen (secondary N) is 2. The highest BCUT2D eigenvalue weighted by Crippen LogP contribution is 2.27. The summed E-state index contributed by atoms with van der Waals surface area (Å²) in [6.45, 7) is 3.63. The fourth-order valence-corrected chi connectivity index (χ4v) is 3.81. The number of carbonyl (C=O) groups is 2. The summed E-state index contributed by atoms with van der Waals surface area (Å²) in [4.78, 5) is 27.3. The number of rotatable bonds is 5. The van der Waals surface area contributed by atoms with Gasteiger partial charge in [0.15, 0.2) is 0 Å². The van der Waals surface area contributed by atoms with Gasteiger partial charge >= 0.3 is 6.03 Å². The van der Waals surface area contributed by atoms with E-state index in [1.807, 2.05) is 22.4 Å². The molecule has 1 aromatic carbocycles. The minimum atomic E-state index is -0.428. The van der Waals surface area contributed by atoms with E-state index in [-0.39, 0.29) is 12.5 Å². The molecule has 0 bridgehead atoms. The molecule has 3 amide bonds. The second-order valence-corrected chi connectivity index (χ2v) is 7.32. The molecule has 1 aliphatic rings. The van der Waals surface area contributed by atoms with Gasteiger partial charge in [-0.05, 0) is 49.3 Å². The van der Waals surface area contributed by atoms with Crippen molar-refractivity contribution in [2.45, 2.75) is 26.2 Å². The van der Waals surface area contributed by atoms with Gasteiger partial charge in [-0.25, -0.2) is 4.79 Å². The van der Waals surface area contributed by atoms with Crippen molar-refractivity contribution in [3.8, 4) is 0 Å². The van der Waals surface area contributed by atoms with E-state index in [0.717, 1.165) is 31.5 Å². The van der Waals surface area contributed by atoms with Crippen LogP contribution in [-0.2, 0) is 17.6 Å². The molecule has 25 heavy (non-hydrogen) atoms. The van der Waals surface area contributed by atoms with E-state index in [1.165, 1.54) is 16.0 Å². The summed E-state index contributed by atoms with van der Waals surface area (Å²) in [5.74, 6) is -0.276. The second-order valence-electron chi connectivity index (χ2n) is 6.29. The van der Waals surface area contributed by atoms with Crippen LogP contribution < -0.4 is 15.5 Å². The number of aryl methyl sites for hydroxylation is 2. The predicted octanol–water partition coefficient (Wildman–Crippen LogP) is 2.88. The minimum Gasteiger partial charge on any atom is -0.362 e. The molecule has 0 saturated heterocycles. The number of fused-ring (bicyclic) bond motifs is 1. The van der Waals surface area contributed by atoms with Gasteiger partial charge in [-0.3, -0.25) is 10.1 Å². The molecule has 0 fully saturated rings. The smallest absolute Gasteiger partial charge is 0.321 e. The van der Waals surface area contributed by atoms with Gasteiger partial charge in [-0.2, -0.15) is 0 Å². The topological polar surface area (TPSA) is 61.4 Å². The van der Waals surface area contributed by atoms with Crippen molar-refractivity contribution in [2.75, 3.05) is 24.5 Å². The van der Waals surface area contributed by atoms with E-state index in [4.69, 9.17) is 0 Å². The number of anilines is 1. The first-order valence-corrected chi connectivity index (χ1v) is 9.44. The van der Waals surface area contributed by atoms with Gasteiger partial charge in [0.25, 0.3) is 0 Å². The van der Waals surface area contributed by atoms with Crippen molar-refractivity contribution in [1.82, 2.24) is 10.6 Å². The Kier molecular flexibility index (Phi) is 5.71. The van der Waals surface area contributed by atoms with Crippen molar-refractivity contribution >= 4 is 29.0 Å². The zero-order valence-corrected chi connectivity index (χ0v) is 15.2. The molecule has 2 N–H and O–H groups in total. The zero-order valence-electron chi connectivity index (χ0n) is 14.4. The molecule has 1 aliphatic heterocycles. The van der Waals surface area contributed by atoms with Crippen LogP contribution in [0.15, 0.2) is 35.7 Å². The third kappa shape index (κ3) is 4.82. The monoisotopic (exact) mass is 357 g/mol. The predicted molar refractivity (Wildman–Crippen MR) is 101 cm³/mol. The largest absolute Gasteiger partial charge is 0.362 e. The summed E-state index contributed by atoms with van der Waals surface area (Å²) in [6, 6.07) is 9.90. The number of hydrogen-bond acceptors (Lipinski definition) is 4. The molecule has 6 heteroatoms. The van der Waals surface area contributed by atoms with Crippen molar-refractivity contribution in [2.24, 2.45) is 0 Å². The maximum atomic E-state index is 12.2. The summed E-state index contributed by atoms with van der Waals surface area (Å²) in [7, 11) is 0. The van der Waals surface area contributed by atoms with Gasteiger partial charge in [0.05, 0.1) is 6.54 Å². The molecule has 0 unspecified atom stereocenters. The van der Waals surface area contributed by atoms with Crippen LogP contribution in [-0.4, -0.2) is 31.6 Å². The van der Waals surface area contributed by atoms with E-state index in [2.05, 4.69) is 35.8 Å². The molecule has 132 valence electrons. The zero-order chi connectivity index (χ0) is 17.6. The normalized spacial score (nSPS) is 13.2. The molecular formula is C19H23N3O2S. The first-order valence-electron chi connectivity index (χ1n) is 8.56. The summed E-state index contributed by atoms with van der Waals surface area (Å²) in [6.07, 6.45) is 2.84. The quantitative estimate of drug-likeness (QED) is 0.865. The first-order chi connectivity index (χ1) is 12.1. The Bertz CT molecular complexity index is 743. The van der Waals surface area contributed by atoms with Crippen LogP contribution in [0.1, 0.15) is 22.4 Å². The molecule has 0 aliphatic carbocycles. The van der Waals surface area contributed by atoms with Crippen molar-refractivity contribution in [1.29, 1.82) is 0 Å². The highest BCUT2D eigenvalue weighted by Gasteiger charge is 2.19. The number of urea groups is 1. The number of benzene rings is 1. The molecule has 2 heterocycles. The van der Waals surface area contributed by atoms with Gasteiger partial charge in [0.2, 0.25) is 5.91 Å². The van der Waals surface area contributed by atoms with E-state index in [0.29, 0.717) is 6.54 Å². The molecule has 0 saturated carbocycles. The Labute approximate surface area is 152 Å². The maximum absolute atomic E-state index is 12.2. The van der Waals surface area contributed by atoms with E-state index in [9.17, 15) is 9.59 Å². The number of imide groups is 1. The number of carbonyl (C=O) groups excluding carboxylic acids is 2. The van der Waals surface area contributed by atoms with Crippen molar-refractivity contribution in [3.63, 3.8) is 0 Å². The summed E-state index contributed by atoms with van der Waals surface area (Å²) in [5, 5.41) is 7.17. The second kappa shape index (κ2) is 8.16. The van der Waals surface area contributed by atoms with Crippen LogP contribution in [0.4, 0.5) is 10.5 Å². The molecular weight excluding hydrogens is 334 g/mol. The third-order valence-corrected chi connectivity index (χ3v) is 5.21. The Morgan fingerprint density at radius 3 is 2.96 bits per heavy atom. The van der Waals surface area contributed by atoms with Crippen molar-refractivity contribution < 1.29 is 9.59 Å². The average molecular weight is 357 g/mol. The standard InChI is InChI=1S/C19H23N3O2S/c1-14-6-7-17-15(12-14)4-2-10-22(17)13-18(23)21-19(24)20-9-8-16-5-3-11-25-16/h3,5-7,11-12H,2,4,8-10,13H2,1H3,(H2,20,21,23,24).